The molecule has 2 nitrogen and oxygen atoms in total. The topological polar surface area (TPSA) is 30.0 Å². The molecule has 0 N–H and O–H groups in total. The van der Waals surface area contributed by atoms with Gasteiger partial charge in [-0.3, -0.25) is 0 Å². The van der Waals surface area contributed by atoms with Gasteiger partial charge in [0.05, 0.1) is 5.92 Å². The number of nitrogens with zero attached hydrogens (tertiary/aromatic N) is 1. The lowest BCUT2D eigenvalue weighted by Crippen LogP contribution is -2.04. The first-order valence-electron chi connectivity index (χ1n) is 5.62. The highest BCUT2D eigenvalue weighted by Gasteiger charge is 2.14. The second-order valence-electron chi connectivity index (χ2n) is 4.26. The molecule has 0 aliphatic carbocycles. The molecule has 0 aliphatic rings. The number of aromatic nitrogens is 1. The van der Waals surface area contributed by atoms with Crippen molar-refractivity contribution in [1.29, 1.82) is 0 Å². The zero-order chi connectivity index (χ0) is 12.3. The SMILES string of the molecule is Cc1cccc(CC(C=O)c2nc(C)cs2)c1. The average Bonchev–Trinajstić information content (AvgIpc) is 2.73. The third-order valence-corrected chi connectivity index (χ3v) is 3.75. The van der Waals surface area contributed by atoms with Crippen LogP contribution in [0.3, 0.4) is 0 Å². The molecule has 0 bridgehead atoms. The highest BCUT2D eigenvalue weighted by Crippen LogP contribution is 2.22. The molecule has 0 spiro atoms. The molecule has 0 radical (unpaired) electrons. The van der Waals surface area contributed by atoms with Crippen molar-refractivity contribution in [3.63, 3.8) is 0 Å². The lowest BCUT2D eigenvalue weighted by molar-refractivity contribution is -0.109. The van der Waals surface area contributed by atoms with E-state index in [0.29, 0.717) is 0 Å². The van der Waals surface area contributed by atoms with E-state index in [1.165, 1.54) is 11.1 Å². The van der Waals surface area contributed by atoms with Gasteiger partial charge in [0.15, 0.2) is 0 Å². The quantitative estimate of drug-likeness (QED) is 0.774. The van der Waals surface area contributed by atoms with E-state index in [2.05, 4.69) is 30.1 Å². The number of hydrogen-bond donors (Lipinski definition) is 0. The number of aryl methyl sites for hydroxylation is 2. The summed E-state index contributed by atoms with van der Waals surface area (Å²) >= 11 is 1.56. The summed E-state index contributed by atoms with van der Waals surface area (Å²) in [5.74, 6) is -0.115. The van der Waals surface area contributed by atoms with Crippen molar-refractivity contribution >= 4 is 17.6 Å². The summed E-state index contributed by atoms with van der Waals surface area (Å²) in [6.45, 7) is 4.02. The second-order valence-corrected chi connectivity index (χ2v) is 5.15. The Bertz CT molecular complexity index is 518. The van der Waals surface area contributed by atoms with E-state index in [4.69, 9.17) is 0 Å². The van der Waals surface area contributed by atoms with Crippen LogP contribution in [0.1, 0.15) is 27.7 Å². The Kier molecular flexibility index (Phi) is 3.69. The fraction of sp³-hybridized carbons (Fsp3) is 0.286. The minimum atomic E-state index is -0.115. The van der Waals surface area contributed by atoms with Gasteiger partial charge in [0, 0.05) is 11.1 Å². The van der Waals surface area contributed by atoms with E-state index in [1.807, 2.05) is 18.4 Å². The molecule has 2 rings (SSSR count). The third-order valence-electron chi connectivity index (χ3n) is 2.66. The third kappa shape index (κ3) is 3.01. The second kappa shape index (κ2) is 5.23. The van der Waals surface area contributed by atoms with Gasteiger partial charge in [0.2, 0.25) is 0 Å². The summed E-state index contributed by atoms with van der Waals surface area (Å²) in [6.07, 6.45) is 1.73. The van der Waals surface area contributed by atoms with Crippen LogP contribution in [0.4, 0.5) is 0 Å². The Hall–Kier alpha value is -1.48. The fourth-order valence-corrected chi connectivity index (χ4v) is 2.68. The van der Waals surface area contributed by atoms with Crippen LogP contribution in [0.25, 0.3) is 0 Å². The number of hydrogen-bond acceptors (Lipinski definition) is 3. The number of aldehydes is 1. The van der Waals surface area contributed by atoms with E-state index in [0.717, 1.165) is 23.4 Å². The smallest absolute Gasteiger partial charge is 0.130 e. The van der Waals surface area contributed by atoms with Crippen molar-refractivity contribution < 1.29 is 4.79 Å². The van der Waals surface area contributed by atoms with E-state index >= 15 is 0 Å². The lowest BCUT2D eigenvalue weighted by atomic mass is 10.00. The van der Waals surface area contributed by atoms with Crippen LogP contribution in [-0.2, 0) is 11.2 Å². The van der Waals surface area contributed by atoms with Gasteiger partial charge in [0.1, 0.15) is 11.3 Å². The molecule has 0 saturated carbocycles. The Balaban J connectivity index is 2.18. The van der Waals surface area contributed by atoms with Crippen LogP contribution < -0.4 is 0 Å². The van der Waals surface area contributed by atoms with Crippen molar-refractivity contribution in [2.24, 2.45) is 0 Å². The van der Waals surface area contributed by atoms with Crippen molar-refractivity contribution in [2.45, 2.75) is 26.2 Å². The van der Waals surface area contributed by atoms with E-state index in [-0.39, 0.29) is 5.92 Å². The predicted molar refractivity (Wildman–Crippen MR) is 70.5 cm³/mol. The molecule has 2 aromatic rings. The van der Waals surface area contributed by atoms with Crippen LogP contribution in [-0.4, -0.2) is 11.3 Å². The van der Waals surface area contributed by atoms with Crippen LogP contribution >= 0.6 is 11.3 Å². The van der Waals surface area contributed by atoms with Crippen LogP contribution in [0.2, 0.25) is 0 Å². The minimum Gasteiger partial charge on any atom is -0.303 e. The normalized spacial score (nSPS) is 12.4. The van der Waals surface area contributed by atoms with E-state index in [9.17, 15) is 4.79 Å². The molecule has 0 fully saturated rings. The highest BCUT2D eigenvalue weighted by atomic mass is 32.1. The maximum Gasteiger partial charge on any atom is 0.130 e. The molecule has 1 aromatic carbocycles. The summed E-state index contributed by atoms with van der Waals surface area (Å²) in [4.78, 5) is 15.6. The molecule has 0 amide bonds. The Morgan fingerprint density at radius 1 is 1.41 bits per heavy atom. The maximum atomic E-state index is 11.2. The zero-order valence-corrected chi connectivity index (χ0v) is 10.8. The minimum absolute atomic E-state index is 0.115. The Morgan fingerprint density at radius 2 is 2.24 bits per heavy atom. The lowest BCUT2D eigenvalue weighted by Gasteiger charge is -2.07. The average molecular weight is 245 g/mol. The molecule has 1 aromatic heterocycles. The maximum absolute atomic E-state index is 11.2. The van der Waals surface area contributed by atoms with Crippen molar-refractivity contribution in [3.05, 3.63) is 51.5 Å². The van der Waals surface area contributed by atoms with Gasteiger partial charge >= 0.3 is 0 Å². The highest BCUT2D eigenvalue weighted by molar-refractivity contribution is 7.09. The number of benzene rings is 1. The van der Waals surface area contributed by atoms with Gasteiger partial charge in [-0.1, -0.05) is 29.8 Å². The van der Waals surface area contributed by atoms with Gasteiger partial charge in [-0.15, -0.1) is 11.3 Å². The summed E-state index contributed by atoms with van der Waals surface area (Å²) in [6, 6.07) is 8.27. The van der Waals surface area contributed by atoms with Crippen molar-refractivity contribution in [3.8, 4) is 0 Å². The standard InChI is InChI=1S/C14H15NOS/c1-10-4-3-5-12(6-10)7-13(8-16)14-15-11(2)9-17-14/h3-6,8-9,13H,7H2,1-2H3. The van der Waals surface area contributed by atoms with Gasteiger partial charge in [-0.05, 0) is 25.8 Å². The van der Waals surface area contributed by atoms with Crippen LogP contribution in [0, 0.1) is 13.8 Å². The Morgan fingerprint density at radius 3 is 2.82 bits per heavy atom. The zero-order valence-electron chi connectivity index (χ0n) is 10.0. The van der Waals surface area contributed by atoms with Crippen molar-refractivity contribution in [1.82, 2.24) is 4.98 Å². The molecule has 88 valence electrons. The predicted octanol–water partition coefficient (Wildman–Crippen LogP) is 3.29. The van der Waals surface area contributed by atoms with Gasteiger partial charge in [-0.2, -0.15) is 0 Å². The first-order chi connectivity index (χ1) is 8.19. The van der Waals surface area contributed by atoms with Gasteiger partial charge < -0.3 is 4.79 Å². The molecule has 1 atom stereocenters. The van der Waals surface area contributed by atoms with Crippen molar-refractivity contribution in [2.75, 3.05) is 0 Å². The number of rotatable bonds is 4. The molecule has 3 heteroatoms. The molecule has 1 heterocycles. The van der Waals surface area contributed by atoms with E-state index in [1.54, 1.807) is 11.3 Å². The van der Waals surface area contributed by atoms with E-state index < -0.39 is 0 Å². The summed E-state index contributed by atoms with van der Waals surface area (Å²) in [5.41, 5.74) is 3.40. The number of carbonyl (C=O) groups is 1. The molecule has 0 aliphatic heterocycles. The largest absolute Gasteiger partial charge is 0.303 e. The molecule has 1 unspecified atom stereocenters. The number of carbonyl (C=O) groups excluding carboxylic acids is 1. The summed E-state index contributed by atoms with van der Waals surface area (Å²) in [7, 11) is 0. The summed E-state index contributed by atoms with van der Waals surface area (Å²) < 4.78 is 0. The first kappa shape index (κ1) is 12.0. The van der Waals surface area contributed by atoms with Crippen LogP contribution in [0.5, 0.6) is 0 Å². The number of thiazole rings is 1. The Labute approximate surface area is 105 Å². The van der Waals surface area contributed by atoms with Gasteiger partial charge in [-0.25, -0.2) is 4.98 Å². The fourth-order valence-electron chi connectivity index (χ4n) is 1.83. The summed E-state index contributed by atoms with van der Waals surface area (Å²) in [5, 5.41) is 2.90. The molecular weight excluding hydrogens is 230 g/mol. The molecular formula is C14H15NOS. The van der Waals surface area contributed by atoms with Gasteiger partial charge in [0.25, 0.3) is 0 Å². The molecule has 0 saturated heterocycles. The van der Waals surface area contributed by atoms with Crippen LogP contribution in [0.15, 0.2) is 29.6 Å². The molecule has 17 heavy (non-hydrogen) atoms. The monoisotopic (exact) mass is 245 g/mol. The first-order valence-corrected chi connectivity index (χ1v) is 6.50.